The molecule has 0 heterocycles. The van der Waals surface area contributed by atoms with E-state index >= 15 is 0 Å². The van der Waals surface area contributed by atoms with Gasteiger partial charge in [0.2, 0.25) is 0 Å². The third kappa shape index (κ3) is 34.6. The van der Waals surface area contributed by atoms with Crippen LogP contribution in [0.4, 0.5) is 0 Å². The fraction of sp³-hybridized carbons (Fsp3) is 0. The molecule has 0 aliphatic rings. The van der Waals surface area contributed by atoms with Crippen molar-refractivity contribution in [1.29, 1.82) is 0 Å². The van der Waals surface area contributed by atoms with Crippen molar-refractivity contribution in [3.05, 3.63) is 0 Å². The van der Waals surface area contributed by atoms with Gasteiger partial charge in [-0.2, -0.15) is 0 Å². The maximum atomic E-state index is 7.94. The van der Waals surface area contributed by atoms with E-state index in [0.29, 0.717) is 0 Å². The van der Waals surface area contributed by atoms with Crippen LogP contribution in [0.5, 0.6) is 0 Å². The second kappa shape index (κ2) is 57.2. The molecule has 0 saturated carbocycles. The van der Waals surface area contributed by atoms with E-state index in [1.54, 1.807) is 0 Å². The first-order valence-corrected chi connectivity index (χ1v) is 0.561. The van der Waals surface area contributed by atoms with E-state index in [1.165, 1.54) is 0 Å². The van der Waals surface area contributed by atoms with Gasteiger partial charge in [0, 0.05) is 0 Å². The summed E-state index contributed by atoms with van der Waals surface area (Å²) in [4.78, 5) is 0. The van der Waals surface area contributed by atoms with Gasteiger partial charge in [-0.25, -0.2) is 0 Å². The molecule has 0 rings (SSSR count). The monoisotopic (exact) mass is 254 g/mol. The quantitative estimate of drug-likeness (QED) is 0.416. The molecule has 0 N–H and O–H groups in total. The first-order valence-electron chi connectivity index (χ1n) is 0.136. The Morgan fingerprint density at radius 3 is 1.00 bits per heavy atom. The van der Waals surface area contributed by atoms with Crippen LogP contribution in [0.3, 0.4) is 0 Å². The molecule has 0 unspecified atom stereocenters. The van der Waals surface area contributed by atoms with Gasteiger partial charge in [0.1, 0.15) is 0 Å². The standard InChI is InChI=1S/Ce.Co.Li.3O/q+3;;+1;;2*-2. The first kappa shape index (κ1) is 41.5. The second-order valence-electron chi connectivity index (χ2n) is 0. The molecule has 0 aliphatic carbocycles. The molecule has 0 aromatic rings. The summed E-state index contributed by atoms with van der Waals surface area (Å²) >= 11 is 2.31. The Morgan fingerprint density at radius 1 is 1.00 bits per heavy atom. The summed E-state index contributed by atoms with van der Waals surface area (Å²) in [6.07, 6.45) is 0. The van der Waals surface area contributed by atoms with Crippen LogP contribution >= 0.6 is 0 Å². The van der Waals surface area contributed by atoms with Crippen LogP contribution in [0.1, 0.15) is 0 Å². The summed E-state index contributed by atoms with van der Waals surface area (Å²) in [6.45, 7) is 0. The topological polar surface area (TPSA) is 74.1 Å². The van der Waals surface area contributed by atoms with Gasteiger partial charge in [-0.1, -0.05) is 0 Å². The normalized spacial score (nSPS) is 0.833. The summed E-state index contributed by atoms with van der Waals surface area (Å²) in [7, 11) is 0. The molecule has 0 aliphatic heterocycles. The molecule has 0 aromatic carbocycles. The summed E-state index contributed by atoms with van der Waals surface area (Å²) in [5.74, 6) is 0. The second-order valence-corrected chi connectivity index (χ2v) is 0. The average Bonchev–Trinajstić information content (AvgIpc) is 1.00. The van der Waals surface area contributed by atoms with E-state index in [2.05, 4.69) is 15.7 Å². The van der Waals surface area contributed by atoms with Crippen LogP contribution in [0.2, 0.25) is 0 Å². The zero-order valence-electron chi connectivity index (χ0n) is 3.06. The van der Waals surface area contributed by atoms with Crippen molar-refractivity contribution in [3.63, 3.8) is 0 Å². The van der Waals surface area contributed by atoms with Crippen molar-refractivity contribution in [2.45, 2.75) is 0 Å². The molecule has 0 atom stereocenters. The molecule has 0 fully saturated rings. The Kier molecular flexibility index (Phi) is 395. The molecule has 1 radical (unpaired) electrons. The van der Waals surface area contributed by atoms with Gasteiger partial charge in [0.05, 0.1) is 0 Å². The summed E-state index contributed by atoms with van der Waals surface area (Å²) in [5.41, 5.74) is 0. The predicted octanol–water partition coefficient (Wildman–Crippen LogP) is -3.35. The average molecular weight is 254 g/mol. The van der Waals surface area contributed by atoms with E-state index in [0.717, 1.165) is 0 Å². The molecule has 6 heavy (non-hydrogen) atoms. The van der Waals surface area contributed by atoms with Crippen molar-refractivity contribution in [2.24, 2.45) is 0 Å². The third-order valence-electron chi connectivity index (χ3n) is 0. The first-order chi connectivity index (χ1) is 1.00. The van der Waals surface area contributed by atoms with Crippen molar-refractivity contribution in [3.8, 4) is 0 Å². The molecule has 0 aromatic heterocycles. The summed E-state index contributed by atoms with van der Waals surface area (Å²) < 4.78 is 7.94. The molecule has 3 nitrogen and oxygen atoms in total. The molecule has 6 heteroatoms. The van der Waals surface area contributed by atoms with Gasteiger partial charge in [-0.05, 0) is 0 Å². The Labute approximate surface area is 89.6 Å². The molecule has 0 saturated heterocycles. The van der Waals surface area contributed by atoms with Crippen LogP contribution in [0.25, 0.3) is 0 Å². The Morgan fingerprint density at radius 2 is 1.00 bits per heavy atom. The van der Waals surface area contributed by atoms with Gasteiger partial charge in [-0.15, -0.1) is 0 Å². The van der Waals surface area contributed by atoms with Crippen LogP contribution in [0.15, 0.2) is 0 Å². The van der Waals surface area contributed by atoms with Gasteiger partial charge >= 0.3 is 80.1 Å². The van der Waals surface area contributed by atoms with Crippen LogP contribution in [0, 0.1) is 41.7 Å². The zero-order valence-corrected chi connectivity index (χ0v) is 7.24. The van der Waals surface area contributed by atoms with Crippen molar-refractivity contribution in [1.82, 2.24) is 0 Å². The fourth-order valence-corrected chi connectivity index (χ4v) is 0. The van der Waals surface area contributed by atoms with E-state index < -0.39 is 0 Å². The summed E-state index contributed by atoms with van der Waals surface area (Å²) in [5, 5.41) is 0. The number of hydrogen-bond acceptors (Lipinski definition) is 1. The number of hydrogen-bond donors (Lipinski definition) is 0. The zero-order chi connectivity index (χ0) is 2.00. The molecule has 0 spiro atoms. The maximum absolute atomic E-state index is 7.94. The van der Waals surface area contributed by atoms with E-state index in [-0.39, 0.29) is 71.6 Å². The van der Waals surface area contributed by atoms with Gasteiger partial charge in [0.25, 0.3) is 0 Å². The van der Waals surface area contributed by atoms with Crippen LogP contribution in [-0.2, 0) is 30.5 Å². The Bertz CT molecular complexity index is 10.8. The van der Waals surface area contributed by atoms with Crippen molar-refractivity contribution in [2.75, 3.05) is 0 Å². The van der Waals surface area contributed by atoms with Crippen molar-refractivity contribution < 1.29 is 91.1 Å². The molecule has 0 amide bonds. The van der Waals surface area contributed by atoms with Crippen molar-refractivity contribution >= 4 is 0 Å². The van der Waals surface area contributed by atoms with Gasteiger partial charge < -0.3 is 11.0 Å². The minimum atomic E-state index is 0. The van der Waals surface area contributed by atoms with E-state index in [4.69, 9.17) is 3.87 Å². The fourth-order valence-electron chi connectivity index (χ4n) is 0. The predicted molar refractivity (Wildman–Crippen MR) is 2.06 cm³/mol. The van der Waals surface area contributed by atoms with Gasteiger partial charge in [0.15, 0.2) is 0 Å². The van der Waals surface area contributed by atoms with E-state index in [1.807, 2.05) is 0 Å². The Balaban J connectivity index is -0.000000000833. The Hall–Kier alpha value is 2.20. The molecular weight excluding hydrogens is 254 g/mol. The molecule has 32 valence electrons. The molecular formula is CeCoLiO3. The summed E-state index contributed by atoms with van der Waals surface area (Å²) in [6, 6.07) is 0. The SMILES string of the molecule is [Ce+3].[Li+].[O-2].[O-2].[O]=[Co]. The van der Waals surface area contributed by atoms with Crippen LogP contribution in [-0.4, -0.2) is 0 Å². The molecule has 0 bridgehead atoms. The van der Waals surface area contributed by atoms with Gasteiger partial charge in [-0.3, -0.25) is 0 Å². The van der Waals surface area contributed by atoms with E-state index in [9.17, 15) is 0 Å². The third-order valence-corrected chi connectivity index (χ3v) is 0. The van der Waals surface area contributed by atoms with Crippen LogP contribution < -0.4 is 18.9 Å². The minimum absolute atomic E-state index is 0. The number of rotatable bonds is 0.